The van der Waals surface area contributed by atoms with Crippen LogP contribution in [0.25, 0.3) is 4.98 Å². The topological polar surface area (TPSA) is 37.4 Å². The van der Waals surface area contributed by atoms with Crippen molar-refractivity contribution in [3.8, 4) is 11.5 Å². The second-order valence-electron chi connectivity index (χ2n) is 3.77. The summed E-state index contributed by atoms with van der Waals surface area (Å²) in [7, 11) is -6.00. The van der Waals surface area contributed by atoms with Crippen LogP contribution in [0.3, 0.4) is 0 Å². The molecule has 0 aliphatic heterocycles. The third kappa shape index (κ3) is 7.03. The summed E-state index contributed by atoms with van der Waals surface area (Å²) in [5, 5.41) is 8.51. The highest BCUT2D eigenvalue weighted by atomic mass is 79.9. The average Bonchev–Trinajstić information content (AvgIpc) is 2.41. The highest BCUT2D eigenvalue weighted by Crippen LogP contribution is 2.27. The first kappa shape index (κ1) is 17.9. The van der Waals surface area contributed by atoms with E-state index in [1.54, 1.807) is 30.3 Å². The molecule has 0 radical (unpaired) electrons. The number of rotatable bonds is 2. The van der Waals surface area contributed by atoms with Crippen LogP contribution in [0.2, 0.25) is 0 Å². The van der Waals surface area contributed by atoms with Crippen molar-refractivity contribution in [3.63, 3.8) is 0 Å². The molecule has 116 valence electrons. The summed E-state index contributed by atoms with van der Waals surface area (Å²) in [6.07, 6.45) is 0. The molecule has 3 nitrogen and oxygen atoms in total. The summed E-state index contributed by atoms with van der Waals surface area (Å²) in [5.41, 5.74) is 0.411. The molecule has 2 aromatic carbocycles. The minimum absolute atomic E-state index is 0.141. The first-order valence-electron chi connectivity index (χ1n) is 5.64. The molecule has 10 heteroatoms. The van der Waals surface area contributed by atoms with E-state index in [1.807, 2.05) is 0 Å². The molecule has 0 aliphatic carbocycles. The highest BCUT2D eigenvalue weighted by molar-refractivity contribution is 9.10. The van der Waals surface area contributed by atoms with E-state index in [4.69, 9.17) is 10.1 Å². The van der Waals surface area contributed by atoms with Gasteiger partial charge < -0.3 is 22.0 Å². The Morgan fingerprint density at radius 1 is 1.00 bits per heavy atom. The van der Waals surface area contributed by atoms with Gasteiger partial charge in [-0.25, -0.2) is 4.39 Å². The lowest BCUT2D eigenvalue weighted by atomic mass is 10.3. The molecular formula is C12H7BBrF5N2O. The Kier molecular flexibility index (Phi) is 6.31. The van der Waals surface area contributed by atoms with Crippen LogP contribution in [0.4, 0.5) is 27.3 Å². The Labute approximate surface area is 130 Å². The molecule has 0 amide bonds. The lowest BCUT2D eigenvalue weighted by Gasteiger charge is -2.05. The van der Waals surface area contributed by atoms with Crippen molar-refractivity contribution in [2.75, 3.05) is 0 Å². The van der Waals surface area contributed by atoms with Gasteiger partial charge in [-0.3, -0.25) is 0 Å². The van der Waals surface area contributed by atoms with Gasteiger partial charge in [-0.05, 0) is 30.3 Å². The summed E-state index contributed by atoms with van der Waals surface area (Å²) in [5.74, 6) is 0.163. The molecule has 0 spiro atoms. The number of hydrogen-bond acceptors (Lipinski definition) is 2. The summed E-state index contributed by atoms with van der Waals surface area (Å²) in [6, 6.07) is 10.9. The van der Waals surface area contributed by atoms with E-state index >= 15 is 0 Å². The van der Waals surface area contributed by atoms with Gasteiger partial charge >= 0.3 is 12.9 Å². The normalized spacial score (nSPS) is 10.2. The van der Waals surface area contributed by atoms with Crippen LogP contribution >= 0.6 is 15.9 Å². The number of benzene rings is 2. The molecule has 2 aromatic rings. The fraction of sp³-hybridized carbons (Fsp3) is 0. The molecule has 0 aromatic heterocycles. The quantitative estimate of drug-likeness (QED) is 0.355. The van der Waals surface area contributed by atoms with Crippen molar-refractivity contribution in [1.82, 2.24) is 0 Å². The minimum atomic E-state index is -6.00. The maximum absolute atomic E-state index is 13.5. The molecule has 0 fully saturated rings. The van der Waals surface area contributed by atoms with E-state index in [0.717, 1.165) is 0 Å². The first-order chi connectivity index (χ1) is 10.2. The molecule has 0 N–H and O–H groups in total. The lowest BCUT2D eigenvalue weighted by Crippen LogP contribution is -2.02. The summed E-state index contributed by atoms with van der Waals surface area (Å²) in [4.78, 5) is 3.01. The fourth-order valence-electron chi connectivity index (χ4n) is 1.27. The van der Waals surface area contributed by atoms with E-state index in [2.05, 4.69) is 20.9 Å². The van der Waals surface area contributed by atoms with Gasteiger partial charge in [-0.2, -0.15) is 0 Å². The van der Waals surface area contributed by atoms with Crippen LogP contribution in [-0.4, -0.2) is 7.25 Å². The molecule has 0 unspecified atom stereocenters. The molecule has 0 aliphatic rings. The Bertz CT molecular complexity index is 667. The molecule has 2 rings (SSSR count). The number of ether oxygens (including phenoxy) is 1. The Morgan fingerprint density at radius 2 is 1.55 bits per heavy atom. The largest absolute Gasteiger partial charge is 0.673 e. The first-order valence-corrected chi connectivity index (χ1v) is 6.44. The zero-order chi connectivity index (χ0) is 16.8. The van der Waals surface area contributed by atoms with E-state index in [0.29, 0.717) is 15.9 Å². The number of halogens is 6. The van der Waals surface area contributed by atoms with Gasteiger partial charge in [0, 0.05) is 16.6 Å². The van der Waals surface area contributed by atoms with Gasteiger partial charge in [0.25, 0.3) is 0 Å². The van der Waals surface area contributed by atoms with Crippen LogP contribution in [-0.2, 0) is 0 Å². The van der Waals surface area contributed by atoms with Crippen LogP contribution in [0, 0.1) is 11.2 Å². The summed E-state index contributed by atoms with van der Waals surface area (Å²) < 4.78 is 58.5. The second-order valence-corrected chi connectivity index (χ2v) is 4.68. The maximum Gasteiger partial charge on any atom is 0.673 e. The molecule has 22 heavy (non-hydrogen) atoms. The van der Waals surface area contributed by atoms with Gasteiger partial charge in [0.15, 0.2) is 16.5 Å². The van der Waals surface area contributed by atoms with Gasteiger partial charge in [0.05, 0.1) is 0 Å². The van der Waals surface area contributed by atoms with Crippen LogP contribution in [0.15, 0.2) is 46.9 Å². The maximum atomic E-state index is 13.5. The van der Waals surface area contributed by atoms with Crippen molar-refractivity contribution in [3.05, 3.63) is 57.7 Å². The molecule has 0 saturated heterocycles. The standard InChI is InChI=1S/C12H7BrFN2O.BF4/c13-8-1-6-12(11(14)7-8)17-10-4-2-9(16-15)3-5-10;2-1(3,4)5/h1-7H;/q+1;-1. The number of nitrogens with zero attached hydrogens (tertiary/aromatic N) is 2. The van der Waals surface area contributed by atoms with E-state index in [1.165, 1.54) is 12.1 Å². The van der Waals surface area contributed by atoms with E-state index in [-0.39, 0.29) is 5.75 Å². The average molecular weight is 381 g/mol. The Morgan fingerprint density at radius 3 is 2.00 bits per heavy atom. The van der Waals surface area contributed by atoms with Gasteiger partial charge in [-0.1, -0.05) is 15.9 Å². The molecule has 0 heterocycles. The SMILES string of the molecule is F[B-](F)(F)F.N#[N+]c1ccc(Oc2ccc(Br)cc2F)cc1. The Balaban J connectivity index is 0.000000422. The predicted octanol–water partition coefficient (Wildman–Crippen LogP) is 6.17. The minimum Gasteiger partial charge on any atom is -0.454 e. The Hall–Kier alpha value is -2.15. The number of hydrogen-bond donors (Lipinski definition) is 0. The summed E-state index contributed by atoms with van der Waals surface area (Å²) >= 11 is 3.16. The van der Waals surface area contributed by atoms with Crippen LogP contribution in [0.5, 0.6) is 11.5 Å². The third-order valence-corrected chi connectivity index (χ3v) is 2.57. The van der Waals surface area contributed by atoms with Gasteiger partial charge in [0.2, 0.25) is 5.39 Å². The highest BCUT2D eigenvalue weighted by Gasteiger charge is 2.20. The third-order valence-electron chi connectivity index (χ3n) is 2.07. The van der Waals surface area contributed by atoms with E-state index in [9.17, 15) is 21.7 Å². The van der Waals surface area contributed by atoms with Gasteiger partial charge in [-0.15, -0.1) is 0 Å². The lowest BCUT2D eigenvalue weighted by molar-refractivity contribution is 0.368. The van der Waals surface area contributed by atoms with E-state index < -0.39 is 13.1 Å². The zero-order valence-electron chi connectivity index (χ0n) is 10.7. The molecule has 0 saturated carbocycles. The summed E-state index contributed by atoms with van der Waals surface area (Å²) in [6.45, 7) is 0. The van der Waals surface area contributed by atoms with Crippen molar-refractivity contribution in [2.45, 2.75) is 0 Å². The predicted molar refractivity (Wildman–Crippen MR) is 75.5 cm³/mol. The van der Waals surface area contributed by atoms with Crippen molar-refractivity contribution in [2.24, 2.45) is 0 Å². The fourth-order valence-corrected chi connectivity index (χ4v) is 1.60. The second kappa shape index (κ2) is 7.75. The molecule has 0 bridgehead atoms. The number of diazo groups is 1. The molecular weight excluding hydrogens is 374 g/mol. The van der Waals surface area contributed by atoms with Crippen molar-refractivity contribution < 1.29 is 26.4 Å². The van der Waals surface area contributed by atoms with Crippen molar-refractivity contribution >= 4 is 28.9 Å². The zero-order valence-corrected chi connectivity index (χ0v) is 12.3. The van der Waals surface area contributed by atoms with Gasteiger partial charge in [0.1, 0.15) is 5.75 Å². The van der Waals surface area contributed by atoms with Crippen LogP contribution in [0.1, 0.15) is 0 Å². The van der Waals surface area contributed by atoms with Crippen LogP contribution < -0.4 is 4.74 Å². The van der Waals surface area contributed by atoms with Crippen molar-refractivity contribution in [1.29, 1.82) is 5.39 Å². The monoisotopic (exact) mass is 380 g/mol. The molecule has 0 atom stereocenters. The smallest absolute Gasteiger partial charge is 0.454 e.